The van der Waals surface area contributed by atoms with Gasteiger partial charge in [0, 0.05) is 33.1 Å². The van der Waals surface area contributed by atoms with Crippen LogP contribution in [0.5, 0.6) is 11.5 Å². The zero-order valence-electron chi connectivity index (χ0n) is 15.4. The van der Waals surface area contributed by atoms with Crippen LogP contribution in [0.15, 0.2) is 59.2 Å². The van der Waals surface area contributed by atoms with Crippen LogP contribution in [-0.4, -0.2) is 16.2 Å². The van der Waals surface area contributed by atoms with Gasteiger partial charge in [0.25, 0.3) is 0 Å². The summed E-state index contributed by atoms with van der Waals surface area (Å²) in [7, 11) is 0. The second-order valence-corrected chi connectivity index (χ2v) is 8.27. The number of ether oxygens (including phenoxy) is 1. The molecule has 142 valence electrons. The van der Waals surface area contributed by atoms with E-state index in [0.717, 1.165) is 33.6 Å². The van der Waals surface area contributed by atoms with Crippen molar-refractivity contribution < 1.29 is 9.13 Å². The Morgan fingerprint density at radius 1 is 1.07 bits per heavy atom. The van der Waals surface area contributed by atoms with Crippen molar-refractivity contribution in [2.45, 2.75) is 12.7 Å². The number of fused-ring (bicyclic) bond motifs is 1. The number of thioether (sulfide) groups is 1. The van der Waals surface area contributed by atoms with Crippen LogP contribution in [0.2, 0.25) is 0 Å². The molecule has 0 aliphatic rings. The number of pyridine rings is 1. The molecule has 0 fully saturated rings. The Labute approximate surface area is 175 Å². The predicted octanol–water partition coefficient (Wildman–Crippen LogP) is 7.10. The first-order valence-corrected chi connectivity index (χ1v) is 10.9. The summed E-state index contributed by atoms with van der Waals surface area (Å²) >= 11 is 5.04. The van der Waals surface area contributed by atoms with Gasteiger partial charge in [0.15, 0.2) is 11.6 Å². The van der Waals surface area contributed by atoms with Crippen LogP contribution in [0.25, 0.3) is 22.2 Å². The number of nitrogens with zero attached hydrogens (tertiary/aromatic N) is 1. The lowest BCUT2D eigenvalue weighted by atomic mass is 9.99. The lowest BCUT2D eigenvalue weighted by Crippen LogP contribution is -1.94. The highest BCUT2D eigenvalue weighted by molar-refractivity contribution is 9.10. The van der Waals surface area contributed by atoms with E-state index in [1.807, 2.05) is 37.4 Å². The Hall–Kier alpha value is -2.31. The van der Waals surface area contributed by atoms with E-state index in [1.54, 1.807) is 23.9 Å². The van der Waals surface area contributed by atoms with E-state index in [9.17, 15) is 4.39 Å². The molecule has 0 bridgehead atoms. The van der Waals surface area contributed by atoms with Crippen molar-refractivity contribution in [1.82, 2.24) is 9.97 Å². The van der Waals surface area contributed by atoms with E-state index in [1.165, 1.54) is 11.6 Å². The highest BCUT2D eigenvalue weighted by Crippen LogP contribution is 2.39. The van der Waals surface area contributed by atoms with E-state index < -0.39 is 5.82 Å². The summed E-state index contributed by atoms with van der Waals surface area (Å²) in [5, 5.41) is 1.01. The van der Waals surface area contributed by atoms with Gasteiger partial charge in [-0.15, -0.1) is 0 Å². The molecule has 0 amide bonds. The van der Waals surface area contributed by atoms with Crippen LogP contribution in [0.3, 0.4) is 0 Å². The first-order valence-electron chi connectivity index (χ1n) is 8.75. The maximum atomic E-state index is 14.4. The van der Waals surface area contributed by atoms with Gasteiger partial charge in [0.2, 0.25) is 0 Å². The fourth-order valence-electron chi connectivity index (χ4n) is 3.20. The van der Waals surface area contributed by atoms with Crippen LogP contribution in [0.1, 0.15) is 11.3 Å². The molecule has 0 unspecified atom stereocenters. The predicted molar refractivity (Wildman–Crippen MR) is 118 cm³/mol. The smallest absolute Gasteiger partial charge is 0.166 e. The molecule has 1 N–H and O–H groups in total. The Balaban J connectivity index is 1.88. The van der Waals surface area contributed by atoms with Crippen LogP contribution in [-0.2, 0) is 5.75 Å². The molecule has 2 aromatic heterocycles. The van der Waals surface area contributed by atoms with Crippen molar-refractivity contribution in [3.63, 3.8) is 0 Å². The van der Waals surface area contributed by atoms with Crippen molar-refractivity contribution in [2.75, 3.05) is 6.26 Å². The van der Waals surface area contributed by atoms with Gasteiger partial charge in [-0.05, 0) is 66.8 Å². The Bertz CT molecular complexity index is 1160. The van der Waals surface area contributed by atoms with E-state index >= 15 is 0 Å². The number of halogens is 2. The standard InChI is InChI=1S/C22H18BrFN2OS/c1-13-9-17(16-7-8-25-22(16)26-13)18-10-14(12-28-2)3-5-20(18)27-21-6-4-15(23)11-19(21)24/h3-11H,12H2,1-2H3,(H,25,26). The summed E-state index contributed by atoms with van der Waals surface area (Å²) < 4.78 is 21.1. The van der Waals surface area contributed by atoms with Crippen molar-refractivity contribution in [1.29, 1.82) is 0 Å². The molecule has 28 heavy (non-hydrogen) atoms. The first-order chi connectivity index (χ1) is 13.5. The third-order valence-corrected chi connectivity index (χ3v) is 5.53. The second-order valence-electron chi connectivity index (χ2n) is 6.49. The number of aromatic nitrogens is 2. The average molecular weight is 457 g/mol. The molecular weight excluding hydrogens is 439 g/mol. The number of aryl methyl sites for hydroxylation is 1. The molecule has 4 rings (SSSR count). The Morgan fingerprint density at radius 2 is 1.89 bits per heavy atom. The lowest BCUT2D eigenvalue weighted by molar-refractivity contribution is 0.443. The molecule has 3 nitrogen and oxygen atoms in total. The third kappa shape index (κ3) is 3.80. The average Bonchev–Trinajstić information content (AvgIpc) is 3.13. The van der Waals surface area contributed by atoms with Crippen molar-refractivity contribution in [3.8, 4) is 22.6 Å². The van der Waals surface area contributed by atoms with Gasteiger partial charge in [-0.2, -0.15) is 11.8 Å². The van der Waals surface area contributed by atoms with Crippen molar-refractivity contribution >= 4 is 38.7 Å². The summed E-state index contributed by atoms with van der Waals surface area (Å²) in [6, 6.07) is 14.9. The van der Waals surface area contributed by atoms with Gasteiger partial charge >= 0.3 is 0 Å². The number of H-pyrrole nitrogens is 1. The summed E-state index contributed by atoms with van der Waals surface area (Å²) in [5.74, 6) is 1.28. The fraction of sp³-hybridized carbons (Fsp3) is 0.136. The van der Waals surface area contributed by atoms with Gasteiger partial charge < -0.3 is 9.72 Å². The summed E-state index contributed by atoms with van der Waals surface area (Å²) in [6.07, 6.45) is 3.95. The minimum absolute atomic E-state index is 0.193. The molecular formula is C22H18BrFN2OS. The first kappa shape index (κ1) is 19.0. The number of hydrogen-bond donors (Lipinski definition) is 1. The van der Waals surface area contributed by atoms with E-state index in [2.05, 4.69) is 38.2 Å². The summed E-state index contributed by atoms with van der Waals surface area (Å²) in [4.78, 5) is 7.73. The normalized spacial score (nSPS) is 11.1. The van der Waals surface area contributed by atoms with Gasteiger partial charge in [0.1, 0.15) is 11.4 Å². The quantitative estimate of drug-likeness (QED) is 0.348. The van der Waals surface area contributed by atoms with Crippen LogP contribution >= 0.6 is 27.7 Å². The van der Waals surface area contributed by atoms with Crippen molar-refractivity contribution in [3.05, 3.63) is 76.3 Å². The highest BCUT2D eigenvalue weighted by Gasteiger charge is 2.15. The van der Waals surface area contributed by atoms with Crippen molar-refractivity contribution in [2.24, 2.45) is 0 Å². The van der Waals surface area contributed by atoms with Crippen LogP contribution in [0, 0.1) is 12.7 Å². The number of benzene rings is 2. The molecule has 0 radical (unpaired) electrons. The molecule has 0 atom stereocenters. The molecule has 0 spiro atoms. The zero-order chi connectivity index (χ0) is 19.7. The van der Waals surface area contributed by atoms with Gasteiger partial charge in [-0.3, -0.25) is 0 Å². The topological polar surface area (TPSA) is 37.9 Å². The SMILES string of the molecule is CSCc1ccc(Oc2ccc(Br)cc2F)c(-c2cc(C)nc3[nH]ccc23)c1. The monoisotopic (exact) mass is 456 g/mol. The molecule has 0 saturated heterocycles. The number of nitrogens with one attached hydrogen (secondary N) is 1. The number of aromatic amines is 1. The maximum absolute atomic E-state index is 14.4. The zero-order valence-corrected chi connectivity index (χ0v) is 17.8. The third-order valence-electron chi connectivity index (χ3n) is 4.42. The molecule has 0 aliphatic heterocycles. The van der Waals surface area contributed by atoms with E-state index in [4.69, 9.17) is 4.74 Å². The summed E-state index contributed by atoms with van der Waals surface area (Å²) in [6.45, 7) is 1.96. The minimum atomic E-state index is -0.411. The van der Waals surface area contributed by atoms with E-state index in [0.29, 0.717) is 10.2 Å². The van der Waals surface area contributed by atoms with Gasteiger partial charge in [-0.25, -0.2) is 9.37 Å². The number of hydrogen-bond acceptors (Lipinski definition) is 3. The maximum Gasteiger partial charge on any atom is 0.166 e. The van der Waals surface area contributed by atoms with Crippen LogP contribution < -0.4 is 4.74 Å². The molecule has 0 aliphatic carbocycles. The molecule has 0 saturated carbocycles. The molecule has 2 heterocycles. The molecule has 2 aromatic carbocycles. The Kier molecular flexibility index (Phi) is 5.42. The minimum Gasteiger partial charge on any atom is -0.454 e. The molecule has 6 heteroatoms. The number of rotatable bonds is 5. The van der Waals surface area contributed by atoms with Gasteiger partial charge in [0.05, 0.1) is 0 Å². The molecule has 4 aromatic rings. The second kappa shape index (κ2) is 7.97. The van der Waals surface area contributed by atoms with Crippen LogP contribution in [0.4, 0.5) is 4.39 Å². The Morgan fingerprint density at radius 3 is 2.68 bits per heavy atom. The summed E-state index contributed by atoms with van der Waals surface area (Å²) in [5.41, 5.74) is 4.85. The largest absolute Gasteiger partial charge is 0.454 e. The fourth-order valence-corrected chi connectivity index (χ4v) is 4.04. The van der Waals surface area contributed by atoms with E-state index in [-0.39, 0.29) is 5.75 Å². The highest BCUT2D eigenvalue weighted by atomic mass is 79.9. The lowest BCUT2D eigenvalue weighted by Gasteiger charge is -2.15. The van der Waals surface area contributed by atoms with Gasteiger partial charge in [-0.1, -0.05) is 22.0 Å².